The number of aromatic amines is 1. The standard InChI is InChI=1S/C13H12N8O/c14-10-6-7(1-4-17-10)11-18-12(21-20-11)9-5-8(2-3-16-9)13(22)19-15/h1-6H,15H2,(H2,14,17)(H,19,22)(H,18,20,21). The second-order valence-corrected chi connectivity index (χ2v) is 4.38. The Balaban J connectivity index is 1.96. The van der Waals surface area contributed by atoms with Crippen molar-refractivity contribution in [1.29, 1.82) is 0 Å². The first-order chi connectivity index (χ1) is 10.7. The average molecular weight is 296 g/mol. The molecule has 0 bridgehead atoms. The van der Waals surface area contributed by atoms with Crippen LogP contribution in [-0.4, -0.2) is 31.1 Å². The van der Waals surface area contributed by atoms with Crippen molar-refractivity contribution >= 4 is 11.7 Å². The largest absolute Gasteiger partial charge is 0.384 e. The number of H-pyrrole nitrogens is 1. The summed E-state index contributed by atoms with van der Waals surface area (Å²) in [5.74, 6) is 5.97. The molecule has 0 fully saturated rings. The highest BCUT2D eigenvalue weighted by Gasteiger charge is 2.11. The minimum atomic E-state index is -0.412. The fourth-order valence-electron chi connectivity index (χ4n) is 1.88. The molecule has 0 unspecified atom stereocenters. The van der Waals surface area contributed by atoms with E-state index >= 15 is 0 Å². The summed E-state index contributed by atoms with van der Waals surface area (Å²) in [6.07, 6.45) is 3.07. The molecule has 9 nitrogen and oxygen atoms in total. The van der Waals surface area contributed by atoms with E-state index in [0.717, 1.165) is 5.56 Å². The zero-order chi connectivity index (χ0) is 15.5. The van der Waals surface area contributed by atoms with Crippen molar-refractivity contribution in [2.75, 3.05) is 5.73 Å². The van der Waals surface area contributed by atoms with Gasteiger partial charge in [0.15, 0.2) is 11.6 Å². The van der Waals surface area contributed by atoms with Crippen molar-refractivity contribution in [2.24, 2.45) is 5.84 Å². The summed E-state index contributed by atoms with van der Waals surface area (Å²) in [7, 11) is 0. The molecular formula is C13H12N8O. The summed E-state index contributed by atoms with van der Waals surface area (Å²) >= 11 is 0. The Hall–Kier alpha value is -3.33. The molecule has 3 heterocycles. The maximum atomic E-state index is 11.5. The predicted molar refractivity (Wildman–Crippen MR) is 78.9 cm³/mol. The number of hydrogen-bond acceptors (Lipinski definition) is 7. The summed E-state index contributed by atoms with van der Waals surface area (Å²) in [4.78, 5) is 23.9. The second-order valence-electron chi connectivity index (χ2n) is 4.38. The number of nitrogens with one attached hydrogen (secondary N) is 2. The number of nitrogens with zero attached hydrogens (tertiary/aromatic N) is 4. The third-order valence-corrected chi connectivity index (χ3v) is 2.92. The highest BCUT2D eigenvalue weighted by atomic mass is 16.2. The molecule has 0 radical (unpaired) electrons. The zero-order valence-corrected chi connectivity index (χ0v) is 11.3. The Morgan fingerprint density at radius 1 is 1.18 bits per heavy atom. The Bertz CT molecular complexity index is 828. The van der Waals surface area contributed by atoms with Crippen LogP contribution in [-0.2, 0) is 0 Å². The van der Waals surface area contributed by atoms with Crippen molar-refractivity contribution in [2.45, 2.75) is 0 Å². The van der Waals surface area contributed by atoms with Gasteiger partial charge in [-0.05, 0) is 24.3 Å². The van der Waals surface area contributed by atoms with Gasteiger partial charge in [-0.3, -0.25) is 20.3 Å². The molecular weight excluding hydrogens is 284 g/mol. The second kappa shape index (κ2) is 5.58. The van der Waals surface area contributed by atoms with Gasteiger partial charge in [0, 0.05) is 23.5 Å². The lowest BCUT2D eigenvalue weighted by atomic mass is 10.2. The van der Waals surface area contributed by atoms with Crippen LogP contribution in [0.2, 0.25) is 0 Å². The Labute approximate surface area is 124 Å². The number of hydrazine groups is 1. The van der Waals surface area contributed by atoms with Crippen LogP contribution in [0.5, 0.6) is 0 Å². The van der Waals surface area contributed by atoms with Gasteiger partial charge in [-0.25, -0.2) is 15.8 Å². The first-order valence-corrected chi connectivity index (χ1v) is 6.29. The lowest BCUT2D eigenvalue weighted by Gasteiger charge is -2.00. The lowest BCUT2D eigenvalue weighted by molar-refractivity contribution is 0.0953. The highest BCUT2D eigenvalue weighted by Crippen LogP contribution is 2.19. The molecule has 0 saturated carbocycles. The number of nitrogens with two attached hydrogens (primary N) is 2. The Kier molecular flexibility index (Phi) is 3.46. The molecule has 0 saturated heterocycles. The van der Waals surface area contributed by atoms with E-state index in [9.17, 15) is 4.79 Å². The smallest absolute Gasteiger partial charge is 0.265 e. The summed E-state index contributed by atoms with van der Waals surface area (Å²) in [6, 6.07) is 6.52. The minimum Gasteiger partial charge on any atom is -0.384 e. The van der Waals surface area contributed by atoms with Crippen molar-refractivity contribution in [3.8, 4) is 22.9 Å². The van der Waals surface area contributed by atoms with Crippen LogP contribution >= 0.6 is 0 Å². The van der Waals surface area contributed by atoms with Crippen LogP contribution in [0.15, 0.2) is 36.7 Å². The molecule has 0 atom stereocenters. The van der Waals surface area contributed by atoms with Gasteiger partial charge in [-0.2, -0.15) is 5.10 Å². The predicted octanol–water partition coefficient (Wildman–Crippen LogP) is 0.114. The normalized spacial score (nSPS) is 10.4. The number of anilines is 1. The number of amides is 1. The lowest BCUT2D eigenvalue weighted by Crippen LogP contribution is -2.29. The number of carbonyl (C=O) groups excluding carboxylic acids is 1. The number of hydrogen-bond donors (Lipinski definition) is 4. The van der Waals surface area contributed by atoms with E-state index in [2.05, 4.69) is 30.6 Å². The van der Waals surface area contributed by atoms with Crippen LogP contribution in [0.3, 0.4) is 0 Å². The molecule has 0 aliphatic heterocycles. The number of carbonyl (C=O) groups is 1. The SMILES string of the molecule is NNC(=O)c1ccnc(-c2nc(-c3ccnc(N)c3)n[nH]2)c1. The summed E-state index contributed by atoms with van der Waals surface area (Å²) in [6.45, 7) is 0. The number of nitrogen functional groups attached to an aromatic ring is 2. The van der Waals surface area contributed by atoms with Crippen LogP contribution in [0.4, 0.5) is 5.82 Å². The summed E-state index contributed by atoms with van der Waals surface area (Å²) in [5.41, 5.74) is 9.28. The van der Waals surface area contributed by atoms with Gasteiger partial charge in [-0.1, -0.05) is 0 Å². The zero-order valence-electron chi connectivity index (χ0n) is 11.3. The van der Waals surface area contributed by atoms with Gasteiger partial charge in [0.25, 0.3) is 5.91 Å². The number of pyridine rings is 2. The summed E-state index contributed by atoms with van der Waals surface area (Å²) in [5, 5.41) is 6.89. The topological polar surface area (TPSA) is 148 Å². The number of rotatable bonds is 3. The molecule has 3 aromatic rings. The monoisotopic (exact) mass is 296 g/mol. The molecule has 0 spiro atoms. The average Bonchev–Trinajstić information content (AvgIpc) is 3.04. The summed E-state index contributed by atoms with van der Waals surface area (Å²) < 4.78 is 0. The Morgan fingerprint density at radius 2 is 2.00 bits per heavy atom. The first kappa shape index (κ1) is 13.6. The molecule has 3 aromatic heterocycles. The molecule has 110 valence electrons. The molecule has 22 heavy (non-hydrogen) atoms. The van der Waals surface area contributed by atoms with Gasteiger partial charge in [0.2, 0.25) is 0 Å². The van der Waals surface area contributed by atoms with E-state index in [-0.39, 0.29) is 0 Å². The van der Waals surface area contributed by atoms with E-state index in [0.29, 0.717) is 28.7 Å². The van der Waals surface area contributed by atoms with Gasteiger partial charge in [0.1, 0.15) is 11.5 Å². The van der Waals surface area contributed by atoms with E-state index in [1.807, 2.05) is 0 Å². The molecule has 9 heteroatoms. The molecule has 3 rings (SSSR count). The van der Waals surface area contributed by atoms with Gasteiger partial charge in [-0.15, -0.1) is 0 Å². The number of aromatic nitrogens is 5. The van der Waals surface area contributed by atoms with Crippen LogP contribution < -0.4 is 17.0 Å². The van der Waals surface area contributed by atoms with Crippen LogP contribution in [0.1, 0.15) is 10.4 Å². The third kappa shape index (κ3) is 2.60. The van der Waals surface area contributed by atoms with Crippen molar-refractivity contribution in [3.05, 3.63) is 42.2 Å². The van der Waals surface area contributed by atoms with Crippen LogP contribution in [0, 0.1) is 0 Å². The molecule has 0 aliphatic carbocycles. The molecule has 1 amide bonds. The van der Waals surface area contributed by atoms with Crippen molar-refractivity contribution in [1.82, 2.24) is 30.6 Å². The van der Waals surface area contributed by atoms with E-state index in [1.165, 1.54) is 6.20 Å². The fourth-order valence-corrected chi connectivity index (χ4v) is 1.88. The van der Waals surface area contributed by atoms with Crippen molar-refractivity contribution < 1.29 is 4.79 Å². The van der Waals surface area contributed by atoms with Gasteiger partial charge in [0.05, 0.1) is 0 Å². The van der Waals surface area contributed by atoms with Gasteiger partial charge < -0.3 is 5.73 Å². The highest BCUT2D eigenvalue weighted by molar-refractivity contribution is 5.94. The maximum Gasteiger partial charge on any atom is 0.265 e. The van der Waals surface area contributed by atoms with Crippen molar-refractivity contribution in [3.63, 3.8) is 0 Å². The molecule has 0 aromatic carbocycles. The van der Waals surface area contributed by atoms with E-state index < -0.39 is 5.91 Å². The van der Waals surface area contributed by atoms with E-state index in [4.69, 9.17) is 11.6 Å². The Morgan fingerprint density at radius 3 is 2.77 bits per heavy atom. The molecule has 0 aliphatic rings. The maximum absolute atomic E-state index is 11.5. The quantitative estimate of drug-likeness (QED) is 0.304. The van der Waals surface area contributed by atoms with E-state index in [1.54, 1.807) is 30.5 Å². The van der Waals surface area contributed by atoms with Crippen LogP contribution in [0.25, 0.3) is 22.9 Å². The fraction of sp³-hybridized carbons (Fsp3) is 0. The van der Waals surface area contributed by atoms with Gasteiger partial charge >= 0.3 is 0 Å². The minimum absolute atomic E-state index is 0.374. The molecule has 6 N–H and O–H groups in total. The third-order valence-electron chi connectivity index (χ3n) is 2.92. The first-order valence-electron chi connectivity index (χ1n) is 6.29.